The molecular weight excluding hydrogens is 436 g/mol. The highest BCUT2D eigenvalue weighted by Crippen LogP contribution is 2.33. The summed E-state index contributed by atoms with van der Waals surface area (Å²) in [6.45, 7) is 6.77. The number of alkyl carbamates (subject to hydrolysis) is 1. The molecule has 0 bridgehead atoms. The van der Waals surface area contributed by atoms with E-state index in [0.29, 0.717) is 41.4 Å². The van der Waals surface area contributed by atoms with Crippen LogP contribution in [0.4, 0.5) is 16.6 Å². The topological polar surface area (TPSA) is 125 Å². The number of nitrogens with two attached hydrogens (primary N) is 1. The number of aromatic nitrogens is 3. The quantitative estimate of drug-likeness (QED) is 0.582. The third kappa shape index (κ3) is 5.05. The third-order valence-corrected chi connectivity index (χ3v) is 5.43. The van der Waals surface area contributed by atoms with Crippen LogP contribution in [-0.4, -0.2) is 60.0 Å². The Hall–Kier alpha value is -3.82. The predicted molar refractivity (Wildman–Crippen MR) is 130 cm³/mol. The van der Waals surface area contributed by atoms with E-state index in [9.17, 15) is 4.79 Å². The first-order valence-electron chi connectivity index (χ1n) is 11.1. The Bertz CT molecular complexity index is 1210. The number of benzene rings is 1. The van der Waals surface area contributed by atoms with E-state index < -0.39 is 11.7 Å². The summed E-state index contributed by atoms with van der Waals surface area (Å²) in [4.78, 5) is 28.0. The fourth-order valence-electron chi connectivity index (χ4n) is 3.94. The van der Waals surface area contributed by atoms with Crippen LogP contribution in [0.15, 0.2) is 30.3 Å². The molecule has 10 heteroatoms. The van der Waals surface area contributed by atoms with Gasteiger partial charge in [-0.05, 0) is 57.5 Å². The van der Waals surface area contributed by atoms with Gasteiger partial charge in [-0.2, -0.15) is 4.98 Å². The number of anilines is 2. The van der Waals surface area contributed by atoms with Crippen LogP contribution in [0.2, 0.25) is 0 Å². The number of nitrogens with zero attached hydrogens (tertiary/aromatic N) is 4. The van der Waals surface area contributed by atoms with Crippen LogP contribution in [-0.2, 0) is 4.74 Å². The van der Waals surface area contributed by atoms with Crippen molar-refractivity contribution >= 4 is 28.9 Å². The van der Waals surface area contributed by atoms with Crippen molar-refractivity contribution in [1.82, 2.24) is 20.3 Å². The average molecular weight is 467 g/mol. The number of rotatable bonds is 5. The molecule has 1 aliphatic rings. The largest absolute Gasteiger partial charge is 0.493 e. The normalized spacial score (nSPS) is 15.9. The molecule has 1 saturated heterocycles. The number of carbonyl (C=O) groups is 1. The Kier molecular flexibility index (Phi) is 6.32. The van der Waals surface area contributed by atoms with Gasteiger partial charge in [0.15, 0.2) is 17.3 Å². The maximum atomic E-state index is 12.2. The zero-order valence-electron chi connectivity index (χ0n) is 20.1. The number of hydrogen-bond donors (Lipinski definition) is 2. The minimum absolute atomic E-state index is 0.0740. The van der Waals surface area contributed by atoms with Crippen molar-refractivity contribution in [2.45, 2.75) is 38.8 Å². The number of pyridine rings is 1. The number of hydrogen-bond acceptors (Lipinski definition) is 9. The number of ether oxygens (including phenoxy) is 3. The van der Waals surface area contributed by atoms with Crippen molar-refractivity contribution in [3.8, 4) is 22.8 Å². The predicted octanol–water partition coefficient (Wildman–Crippen LogP) is 3.39. The van der Waals surface area contributed by atoms with Gasteiger partial charge in [0.25, 0.3) is 0 Å². The van der Waals surface area contributed by atoms with Crippen LogP contribution in [0.3, 0.4) is 0 Å². The highest BCUT2D eigenvalue weighted by atomic mass is 16.6. The molecule has 34 heavy (non-hydrogen) atoms. The highest BCUT2D eigenvalue weighted by molar-refractivity contribution is 5.89. The fraction of sp³-hybridized carbons (Fsp3) is 0.417. The summed E-state index contributed by atoms with van der Waals surface area (Å²) in [7, 11) is 3.19. The van der Waals surface area contributed by atoms with Gasteiger partial charge in [-0.15, -0.1) is 0 Å². The van der Waals surface area contributed by atoms with Crippen LogP contribution in [0.5, 0.6) is 11.5 Å². The molecule has 2 aromatic heterocycles. The molecule has 3 heterocycles. The molecule has 1 fully saturated rings. The summed E-state index contributed by atoms with van der Waals surface area (Å²) in [5, 5.41) is 2.93. The molecule has 0 spiro atoms. The molecule has 3 N–H and O–H groups in total. The average Bonchev–Trinajstić information content (AvgIpc) is 3.24. The summed E-state index contributed by atoms with van der Waals surface area (Å²) in [5.41, 5.74) is 8.34. The Morgan fingerprint density at radius 1 is 1.09 bits per heavy atom. The monoisotopic (exact) mass is 466 g/mol. The van der Waals surface area contributed by atoms with Crippen LogP contribution < -0.4 is 25.4 Å². The van der Waals surface area contributed by atoms with Gasteiger partial charge in [0, 0.05) is 18.7 Å². The molecule has 3 aromatic rings. The van der Waals surface area contributed by atoms with E-state index in [1.165, 1.54) is 0 Å². The second-order valence-electron chi connectivity index (χ2n) is 9.12. The fourth-order valence-corrected chi connectivity index (χ4v) is 3.94. The smallest absolute Gasteiger partial charge is 0.407 e. The number of carbonyl (C=O) groups excluding carboxylic acids is 1. The van der Waals surface area contributed by atoms with Crippen molar-refractivity contribution in [2.75, 3.05) is 37.9 Å². The van der Waals surface area contributed by atoms with Gasteiger partial charge in [-0.25, -0.2) is 14.8 Å². The Morgan fingerprint density at radius 3 is 2.56 bits per heavy atom. The Labute approximate surface area is 198 Å². The van der Waals surface area contributed by atoms with E-state index in [1.54, 1.807) is 14.2 Å². The minimum atomic E-state index is -0.551. The van der Waals surface area contributed by atoms with Gasteiger partial charge < -0.3 is 30.2 Å². The molecule has 1 aromatic carbocycles. The van der Waals surface area contributed by atoms with Crippen LogP contribution in [0, 0.1) is 0 Å². The van der Waals surface area contributed by atoms with Crippen molar-refractivity contribution < 1.29 is 19.0 Å². The first-order valence-corrected chi connectivity index (χ1v) is 11.1. The second-order valence-corrected chi connectivity index (χ2v) is 9.12. The summed E-state index contributed by atoms with van der Waals surface area (Å²) in [6, 6.07) is 9.33. The Morgan fingerprint density at radius 2 is 1.85 bits per heavy atom. The molecule has 0 unspecified atom stereocenters. The van der Waals surface area contributed by atoms with Crippen LogP contribution in [0.25, 0.3) is 22.3 Å². The first kappa shape index (κ1) is 23.3. The number of nitrogens with one attached hydrogen (secondary N) is 1. The Balaban J connectivity index is 1.63. The van der Waals surface area contributed by atoms with Gasteiger partial charge in [0.05, 0.1) is 31.5 Å². The molecule has 10 nitrogen and oxygen atoms in total. The van der Waals surface area contributed by atoms with E-state index >= 15 is 0 Å². The SMILES string of the molecule is COc1ccc(-c2ccc3nc(N)nc(N4CC[C@@H](NC(=O)OC(C)(C)C)C4)c3n2)cc1OC. The van der Waals surface area contributed by atoms with Crippen LogP contribution in [0.1, 0.15) is 27.2 Å². The van der Waals surface area contributed by atoms with E-state index in [2.05, 4.69) is 20.2 Å². The van der Waals surface area contributed by atoms with Gasteiger partial charge in [0.1, 0.15) is 11.1 Å². The van der Waals surface area contributed by atoms with Crippen molar-refractivity contribution in [3.63, 3.8) is 0 Å². The van der Waals surface area contributed by atoms with Gasteiger partial charge in [0.2, 0.25) is 5.95 Å². The van der Waals surface area contributed by atoms with E-state index in [4.69, 9.17) is 24.9 Å². The van der Waals surface area contributed by atoms with E-state index in [-0.39, 0.29) is 12.0 Å². The lowest BCUT2D eigenvalue weighted by atomic mass is 10.1. The molecular formula is C24H30N6O4. The summed E-state index contributed by atoms with van der Waals surface area (Å²) in [5.74, 6) is 2.07. The number of methoxy groups -OCH3 is 2. The summed E-state index contributed by atoms with van der Waals surface area (Å²) in [6.07, 6.45) is 0.320. The van der Waals surface area contributed by atoms with Crippen molar-refractivity contribution in [1.29, 1.82) is 0 Å². The van der Waals surface area contributed by atoms with E-state index in [1.807, 2.05) is 51.1 Å². The molecule has 1 aliphatic heterocycles. The lowest BCUT2D eigenvalue weighted by Gasteiger charge is -2.22. The molecule has 0 saturated carbocycles. The zero-order valence-corrected chi connectivity index (χ0v) is 20.1. The second kappa shape index (κ2) is 9.20. The molecule has 1 amide bonds. The summed E-state index contributed by atoms with van der Waals surface area (Å²) >= 11 is 0. The van der Waals surface area contributed by atoms with Gasteiger partial charge in [-0.1, -0.05) is 0 Å². The van der Waals surface area contributed by atoms with Crippen molar-refractivity contribution in [3.05, 3.63) is 30.3 Å². The molecule has 1 atom stereocenters. The first-order chi connectivity index (χ1) is 16.2. The molecule has 0 radical (unpaired) electrons. The summed E-state index contributed by atoms with van der Waals surface area (Å²) < 4.78 is 16.2. The molecule has 180 valence electrons. The van der Waals surface area contributed by atoms with Crippen LogP contribution >= 0.6 is 0 Å². The zero-order chi connectivity index (χ0) is 24.5. The third-order valence-electron chi connectivity index (χ3n) is 5.43. The lowest BCUT2D eigenvalue weighted by Crippen LogP contribution is -2.40. The van der Waals surface area contributed by atoms with E-state index in [0.717, 1.165) is 17.7 Å². The van der Waals surface area contributed by atoms with Crippen molar-refractivity contribution in [2.24, 2.45) is 0 Å². The number of fused-ring (bicyclic) bond motifs is 1. The highest BCUT2D eigenvalue weighted by Gasteiger charge is 2.28. The molecule has 4 rings (SSSR count). The lowest BCUT2D eigenvalue weighted by molar-refractivity contribution is 0.0509. The maximum Gasteiger partial charge on any atom is 0.407 e. The number of nitrogen functional groups attached to an aromatic ring is 1. The standard InChI is InChI=1S/C24H30N6O4/c1-24(2,3)34-23(31)26-15-10-11-30(13-15)21-20-17(28-22(25)29-21)8-7-16(27-20)14-6-9-18(32-4)19(12-14)33-5/h6-9,12,15H,10-11,13H2,1-5H3,(H,26,31)(H2,25,28,29)/t15-/m1/s1. The maximum absolute atomic E-state index is 12.2. The molecule has 0 aliphatic carbocycles. The minimum Gasteiger partial charge on any atom is -0.493 e. The number of amides is 1. The van der Waals surface area contributed by atoms with Gasteiger partial charge >= 0.3 is 6.09 Å². The van der Waals surface area contributed by atoms with Gasteiger partial charge in [-0.3, -0.25) is 0 Å².